The third-order valence-corrected chi connectivity index (χ3v) is 10.9. The Morgan fingerprint density at radius 3 is 2.22 bits per heavy atom. The first kappa shape index (κ1) is 29.8. The highest BCUT2D eigenvalue weighted by Gasteiger charge is 2.69. The molecular formula is C31H48N4O6. The van der Waals surface area contributed by atoms with Gasteiger partial charge in [0.25, 0.3) is 5.91 Å². The lowest BCUT2D eigenvalue weighted by molar-refractivity contribution is -0.144. The number of ether oxygens (including phenoxy) is 1. The van der Waals surface area contributed by atoms with Crippen LogP contribution in [0.2, 0.25) is 0 Å². The van der Waals surface area contributed by atoms with Crippen LogP contribution in [0.3, 0.4) is 0 Å². The number of nitrogens with zero attached hydrogens (tertiary/aromatic N) is 1. The van der Waals surface area contributed by atoms with Gasteiger partial charge in [-0.1, -0.05) is 59.3 Å². The number of fused-ring (bicyclic) bond motifs is 1. The fourth-order valence-corrected chi connectivity index (χ4v) is 7.94. The molecule has 5 rings (SSSR count). The summed E-state index contributed by atoms with van der Waals surface area (Å²) in [5, 5.41) is 5.76. The average molecular weight is 573 g/mol. The molecule has 0 aromatic rings. The van der Waals surface area contributed by atoms with Crippen molar-refractivity contribution in [1.29, 1.82) is 0 Å². The van der Waals surface area contributed by atoms with Crippen LogP contribution in [0.5, 0.6) is 0 Å². The first-order valence-corrected chi connectivity index (χ1v) is 15.9. The summed E-state index contributed by atoms with van der Waals surface area (Å²) in [4.78, 5) is 67.2. The van der Waals surface area contributed by atoms with Crippen molar-refractivity contribution in [3.63, 3.8) is 0 Å². The van der Waals surface area contributed by atoms with E-state index in [1.807, 2.05) is 0 Å². The Balaban J connectivity index is 1.33. The van der Waals surface area contributed by atoms with E-state index >= 15 is 0 Å². The molecule has 1 heterocycles. The first-order chi connectivity index (χ1) is 19.5. The molecule has 0 aromatic carbocycles. The molecule has 4 N–H and O–H groups in total. The molecule has 0 spiro atoms. The van der Waals surface area contributed by atoms with Crippen LogP contribution >= 0.6 is 0 Å². The van der Waals surface area contributed by atoms with Gasteiger partial charge in [-0.05, 0) is 73.5 Å². The number of hydrogen-bond acceptors (Lipinski definition) is 6. The summed E-state index contributed by atoms with van der Waals surface area (Å²) in [6.45, 7) is 6.72. The maximum atomic E-state index is 14.3. The van der Waals surface area contributed by atoms with Gasteiger partial charge < -0.3 is 26.0 Å². The zero-order valence-electron chi connectivity index (χ0n) is 24.9. The fraction of sp³-hybridized carbons (Fsp3) is 0.839. The minimum atomic E-state index is -1.06. The van der Waals surface area contributed by atoms with E-state index in [4.69, 9.17) is 10.5 Å². The monoisotopic (exact) mass is 572 g/mol. The molecule has 7 atom stereocenters. The van der Waals surface area contributed by atoms with Gasteiger partial charge in [0.1, 0.15) is 18.2 Å². The number of primary amides is 1. The van der Waals surface area contributed by atoms with Gasteiger partial charge in [0, 0.05) is 6.54 Å². The van der Waals surface area contributed by atoms with Crippen molar-refractivity contribution in [2.45, 2.75) is 122 Å². The van der Waals surface area contributed by atoms with Gasteiger partial charge in [-0.15, -0.1) is 0 Å². The Labute approximate surface area is 243 Å². The predicted molar refractivity (Wildman–Crippen MR) is 151 cm³/mol. The first-order valence-electron chi connectivity index (χ1n) is 15.9. The minimum Gasteiger partial charge on any atom is -0.446 e. The summed E-state index contributed by atoms with van der Waals surface area (Å²) in [6, 6.07) is -2.52. The van der Waals surface area contributed by atoms with Crippen molar-refractivity contribution in [3.8, 4) is 0 Å². The van der Waals surface area contributed by atoms with E-state index in [0.717, 1.165) is 70.6 Å². The number of rotatable bonds is 10. The summed E-state index contributed by atoms with van der Waals surface area (Å²) in [6.07, 6.45) is 10.3. The number of alkyl carbamates (subject to hydrolysis) is 1. The number of carbonyl (C=O) groups excluding carboxylic acids is 5. The molecule has 4 amide bonds. The largest absolute Gasteiger partial charge is 0.446 e. The molecule has 41 heavy (non-hydrogen) atoms. The highest BCUT2D eigenvalue weighted by Crippen LogP contribution is 2.65. The Kier molecular flexibility index (Phi) is 8.67. The van der Waals surface area contributed by atoms with Crippen LogP contribution in [-0.2, 0) is 23.9 Å². The molecule has 1 aliphatic heterocycles. The Morgan fingerprint density at radius 2 is 1.59 bits per heavy atom. The molecule has 5 fully saturated rings. The van der Waals surface area contributed by atoms with Crippen LogP contribution in [0.1, 0.15) is 97.8 Å². The summed E-state index contributed by atoms with van der Waals surface area (Å²) >= 11 is 0. The number of hydrogen-bond donors (Lipinski definition) is 3. The highest BCUT2D eigenvalue weighted by molar-refractivity contribution is 6.37. The van der Waals surface area contributed by atoms with Crippen molar-refractivity contribution in [2.24, 2.45) is 40.7 Å². The van der Waals surface area contributed by atoms with Crippen molar-refractivity contribution >= 4 is 29.6 Å². The number of Topliss-reactive ketones (excluding diaryl/α,β-unsaturated/α-hetero) is 1. The lowest BCUT2D eigenvalue weighted by Crippen LogP contribution is -2.59. The van der Waals surface area contributed by atoms with Crippen LogP contribution in [0, 0.1) is 35.0 Å². The van der Waals surface area contributed by atoms with Crippen molar-refractivity contribution in [3.05, 3.63) is 0 Å². The summed E-state index contributed by atoms with van der Waals surface area (Å²) in [7, 11) is 0. The maximum absolute atomic E-state index is 14.3. The van der Waals surface area contributed by atoms with E-state index in [1.54, 1.807) is 4.90 Å². The highest BCUT2D eigenvalue weighted by atomic mass is 16.6. The molecular weight excluding hydrogens is 524 g/mol. The minimum absolute atomic E-state index is 0.0275. The van der Waals surface area contributed by atoms with E-state index in [2.05, 4.69) is 31.4 Å². The third-order valence-electron chi connectivity index (χ3n) is 10.9. The number of amides is 4. The zero-order chi connectivity index (χ0) is 29.5. The topological polar surface area (TPSA) is 148 Å². The van der Waals surface area contributed by atoms with Crippen LogP contribution in [0.25, 0.3) is 0 Å². The molecule has 4 aliphatic carbocycles. The lowest BCUT2D eigenvalue weighted by Gasteiger charge is -2.37. The lowest BCUT2D eigenvalue weighted by atomic mass is 9.83. The summed E-state index contributed by atoms with van der Waals surface area (Å²) in [5.41, 5.74) is 5.18. The SMILES string of the molecule is CC1CCCCC1OC(=O)NC(C(=O)N1CC2C(C1C(=O)NC(CC1CC1)C(=O)C(N)=O)C2(C)C)C1CCCCC1. The molecule has 10 nitrogen and oxygen atoms in total. The Morgan fingerprint density at radius 1 is 0.927 bits per heavy atom. The molecule has 7 unspecified atom stereocenters. The third kappa shape index (κ3) is 6.41. The summed E-state index contributed by atoms with van der Waals surface area (Å²) < 4.78 is 5.84. The number of ketones is 1. The van der Waals surface area contributed by atoms with Crippen molar-refractivity contribution in [1.82, 2.24) is 15.5 Å². The molecule has 0 aromatic heterocycles. The van der Waals surface area contributed by atoms with Gasteiger partial charge in [0.15, 0.2) is 0 Å². The second-order valence-electron chi connectivity index (χ2n) is 14.1. The maximum Gasteiger partial charge on any atom is 0.408 e. The Bertz CT molecular complexity index is 1050. The number of nitrogens with two attached hydrogens (primary N) is 1. The quantitative estimate of drug-likeness (QED) is 0.343. The molecule has 0 bridgehead atoms. The second kappa shape index (κ2) is 11.9. The second-order valence-corrected chi connectivity index (χ2v) is 14.1. The van der Waals surface area contributed by atoms with E-state index in [0.29, 0.717) is 13.0 Å². The van der Waals surface area contributed by atoms with E-state index in [-0.39, 0.29) is 47.0 Å². The van der Waals surface area contributed by atoms with Crippen molar-refractivity contribution in [2.75, 3.05) is 6.54 Å². The molecule has 0 radical (unpaired) electrons. The van der Waals surface area contributed by atoms with Gasteiger partial charge in [-0.2, -0.15) is 0 Å². The van der Waals surface area contributed by atoms with Crippen LogP contribution in [-0.4, -0.2) is 65.3 Å². The average Bonchev–Trinajstić information content (AvgIpc) is 3.79. The number of nitrogens with one attached hydrogen (secondary N) is 2. The van der Waals surface area contributed by atoms with E-state index in [1.165, 1.54) is 0 Å². The molecule has 1 saturated heterocycles. The summed E-state index contributed by atoms with van der Waals surface area (Å²) in [5.74, 6) is -1.90. The van der Waals surface area contributed by atoms with Gasteiger partial charge in [0.2, 0.25) is 17.6 Å². The fourth-order valence-electron chi connectivity index (χ4n) is 7.94. The normalized spacial score (nSPS) is 32.3. The number of likely N-dealkylation sites (tertiary alicyclic amines) is 1. The standard InChI is InChI=1S/C31H48N4O6/c1-17-9-7-8-12-22(17)41-30(40)34-24(19-10-5-4-6-11-19)29(39)35-16-20-23(31(20,2)3)25(35)28(38)33-21(15-18-13-14-18)26(36)27(32)37/h17-25H,4-16H2,1-3H3,(H2,32,37)(H,33,38)(H,34,40). The van der Waals surface area contributed by atoms with Crippen LogP contribution < -0.4 is 16.4 Å². The van der Waals surface area contributed by atoms with Crippen molar-refractivity contribution < 1.29 is 28.7 Å². The van der Waals surface area contributed by atoms with E-state index in [9.17, 15) is 24.0 Å². The van der Waals surface area contributed by atoms with Gasteiger partial charge in [-0.25, -0.2) is 4.79 Å². The number of carbonyl (C=O) groups is 5. The van der Waals surface area contributed by atoms with E-state index < -0.39 is 41.8 Å². The Hall–Kier alpha value is -2.65. The smallest absolute Gasteiger partial charge is 0.408 e. The predicted octanol–water partition coefficient (Wildman–Crippen LogP) is 3.06. The zero-order valence-corrected chi connectivity index (χ0v) is 24.9. The molecule has 10 heteroatoms. The molecule has 5 aliphatic rings. The van der Waals surface area contributed by atoms with Gasteiger partial charge in [-0.3, -0.25) is 19.2 Å². The number of piperidine rings is 1. The molecule has 228 valence electrons. The van der Waals surface area contributed by atoms with Gasteiger partial charge >= 0.3 is 6.09 Å². The molecule has 4 saturated carbocycles. The van der Waals surface area contributed by atoms with Crippen LogP contribution in [0.15, 0.2) is 0 Å². The van der Waals surface area contributed by atoms with Gasteiger partial charge in [0.05, 0.1) is 6.04 Å². The van der Waals surface area contributed by atoms with Crippen LogP contribution in [0.4, 0.5) is 4.79 Å².